The summed E-state index contributed by atoms with van der Waals surface area (Å²) in [6.07, 6.45) is 2.11. The molecular formula is C40H43ClN4O2S. The van der Waals surface area contributed by atoms with Gasteiger partial charge < -0.3 is 9.30 Å². The summed E-state index contributed by atoms with van der Waals surface area (Å²) in [6.45, 7) is 11.6. The lowest BCUT2D eigenvalue weighted by molar-refractivity contribution is -0.125. The Balaban J connectivity index is 1.26. The van der Waals surface area contributed by atoms with Gasteiger partial charge in [-0.2, -0.15) is 5.10 Å². The fourth-order valence-corrected chi connectivity index (χ4v) is 7.72. The van der Waals surface area contributed by atoms with E-state index in [2.05, 4.69) is 73.9 Å². The van der Waals surface area contributed by atoms with Gasteiger partial charge in [-0.3, -0.25) is 13.8 Å². The molecule has 0 bridgehead atoms. The van der Waals surface area contributed by atoms with Crippen molar-refractivity contribution in [2.75, 3.05) is 13.7 Å². The average Bonchev–Trinajstić information content (AvgIpc) is 3.49. The Morgan fingerprint density at radius 1 is 0.917 bits per heavy atom. The lowest BCUT2D eigenvalue weighted by Gasteiger charge is -2.18. The third-order valence-electron chi connectivity index (χ3n) is 9.36. The van der Waals surface area contributed by atoms with E-state index >= 15 is 0 Å². The molecule has 0 saturated heterocycles. The summed E-state index contributed by atoms with van der Waals surface area (Å²) >= 11 is 7.85. The van der Waals surface area contributed by atoms with E-state index in [0.29, 0.717) is 19.6 Å². The molecule has 0 aliphatic heterocycles. The molecule has 48 heavy (non-hydrogen) atoms. The van der Waals surface area contributed by atoms with Gasteiger partial charge >= 0.3 is 0 Å². The van der Waals surface area contributed by atoms with Crippen molar-refractivity contribution >= 4 is 51.1 Å². The van der Waals surface area contributed by atoms with Crippen LogP contribution in [0.4, 0.5) is 0 Å². The maximum Gasteiger partial charge on any atom is 0.234 e. The molecule has 0 aliphatic rings. The van der Waals surface area contributed by atoms with Crippen LogP contribution in [0.1, 0.15) is 46.6 Å². The van der Waals surface area contributed by atoms with Crippen LogP contribution >= 0.6 is 23.5 Å². The fourth-order valence-electron chi connectivity index (χ4n) is 6.79. The summed E-state index contributed by atoms with van der Waals surface area (Å²) in [5.74, 6) is 0.937. The normalized spacial score (nSPS) is 11.5. The van der Waals surface area contributed by atoms with Gasteiger partial charge in [0, 0.05) is 64.9 Å². The van der Waals surface area contributed by atoms with Crippen molar-refractivity contribution in [3.63, 3.8) is 0 Å². The minimum Gasteiger partial charge on any atom is -0.494 e. The molecule has 2 heterocycles. The van der Waals surface area contributed by atoms with E-state index < -0.39 is 0 Å². The third kappa shape index (κ3) is 6.71. The van der Waals surface area contributed by atoms with Crippen molar-refractivity contribution in [2.45, 2.75) is 65.3 Å². The fraction of sp³-hybridized carbons (Fsp3) is 0.300. The average molecular weight is 679 g/mol. The van der Waals surface area contributed by atoms with E-state index in [1.54, 1.807) is 4.31 Å². The summed E-state index contributed by atoms with van der Waals surface area (Å²) in [5.41, 5.74) is 10.1. The number of aryl methyl sites for hydroxylation is 6. The molecule has 0 unspecified atom stereocenters. The van der Waals surface area contributed by atoms with Crippen molar-refractivity contribution in [1.29, 1.82) is 0 Å². The van der Waals surface area contributed by atoms with Gasteiger partial charge in [-0.05, 0) is 111 Å². The highest BCUT2D eigenvalue weighted by Gasteiger charge is 2.22. The largest absolute Gasteiger partial charge is 0.494 e. The van der Waals surface area contributed by atoms with E-state index in [1.807, 2.05) is 56.9 Å². The van der Waals surface area contributed by atoms with Crippen molar-refractivity contribution in [1.82, 2.24) is 18.7 Å². The summed E-state index contributed by atoms with van der Waals surface area (Å²) < 4.78 is 12.2. The SMILES string of the molecule is Cc1cc(OCCCc2c(C)n(CCC(=O)N(C)Sc3ccc4ccccc4c3)c3c(-c4c(C)nn(C)c4C)cccc23)cc(C)c1Cl. The van der Waals surface area contributed by atoms with Gasteiger partial charge in [0.05, 0.1) is 17.8 Å². The first-order valence-electron chi connectivity index (χ1n) is 16.5. The summed E-state index contributed by atoms with van der Waals surface area (Å²) in [5, 5.41) is 9.11. The lowest BCUT2D eigenvalue weighted by Crippen LogP contribution is -2.21. The Labute approximate surface area is 292 Å². The first-order valence-corrected chi connectivity index (χ1v) is 17.6. The quantitative estimate of drug-likeness (QED) is 0.101. The van der Waals surface area contributed by atoms with E-state index in [9.17, 15) is 4.79 Å². The molecule has 248 valence electrons. The molecule has 0 fully saturated rings. The Bertz CT molecular complexity index is 2120. The highest BCUT2D eigenvalue weighted by atomic mass is 35.5. The second kappa shape index (κ2) is 14.1. The van der Waals surface area contributed by atoms with Crippen molar-refractivity contribution in [3.05, 3.63) is 112 Å². The number of ether oxygens (including phenoxy) is 1. The zero-order valence-electron chi connectivity index (χ0n) is 28.9. The number of benzene rings is 4. The van der Waals surface area contributed by atoms with Gasteiger partial charge in [0.1, 0.15) is 5.75 Å². The minimum absolute atomic E-state index is 0.0872. The first-order chi connectivity index (χ1) is 23.0. The van der Waals surface area contributed by atoms with Crippen LogP contribution in [0.15, 0.2) is 77.7 Å². The molecule has 0 saturated carbocycles. The predicted octanol–water partition coefficient (Wildman–Crippen LogP) is 9.96. The van der Waals surface area contributed by atoms with E-state index in [1.165, 1.54) is 39.4 Å². The molecule has 6 aromatic rings. The van der Waals surface area contributed by atoms with Gasteiger partial charge in [0.15, 0.2) is 0 Å². The Kier molecular flexibility index (Phi) is 9.90. The van der Waals surface area contributed by atoms with Crippen LogP contribution in [-0.4, -0.2) is 38.2 Å². The van der Waals surface area contributed by atoms with Crippen LogP contribution in [0, 0.1) is 34.6 Å². The summed E-state index contributed by atoms with van der Waals surface area (Å²) in [6, 6.07) is 25.2. The van der Waals surface area contributed by atoms with E-state index in [4.69, 9.17) is 21.4 Å². The molecular weight excluding hydrogens is 636 g/mol. The number of hydrogen-bond acceptors (Lipinski definition) is 4. The first kappa shape index (κ1) is 33.7. The number of rotatable bonds is 11. The van der Waals surface area contributed by atoms with Crippen LogP contribution in [0.3, 0.4) is 0 Å². The van der Waals surface area contributed by atoms with Crippen molar-refractivity contribution < 1.29 is 9.53 Å². The van der Waals surface area contributed by atoms with Crippen LogP contribution in [0.2, 0.25) is 5.02 Å². The maximum atomic E-state index is 13.6. The smallest absolute Gasteiger partial charge is 0.234 e. The predicted molar refractivity (Wildman–Crippen MR) is 200 cm³/mol. The molecule has 0 spiro atoms. The highest BCUT2D eigenvalue weighted by Crippen LogP contribution is 2.38. The number of amides is 1. The summed E-state index contributed by atoms with van der Waals surface area (Å²) in [4.78, 5) is 14.6. The number of aromatic nitrogens is 3. The van der Waals surface area contributed by atoms with Gasteiger partial charge in [-0.25, -0.2) is 0 Å². The third-order valence-corrected chi connectivity index (χ3v) is 10.9. The maximum absolute atomic E-state index is 13.6. The molecule has 0 N–H and O–H groups in total. The number of carbonyl (C=O) groups excluding carboxylic acids is 1. The van der Waals surface area contributed by atoms with E-state index in [-0.39, 0.29) is 5.91 Å². The lowest BCUT2D eigenvalue weighted by atomic mass is 9.98. The highest BCUT2D eigenvalue weighted by molar-refractivity contribution is 7.97. The molecule has 2 aromatic heterocycles. The molecule has 0 radical (unpaired) electrons. The molecule has 0 aliphatic carbocycles. The molecule has 6 rings (SSSR count). The zero-order chi connectivity index (χ0) is 34.1. The molecule has 0 atom stereocenters. The Hall–Kier alpha value is -4.20. The molecule has 1 amide bonds. The molecule has 6 nitrogen and oxygen atoms in total. The number of hydrogen-bond donors (Lipinski definition) is 0. The van der Waals surface area contributed by atoms with Crippen molar-refractivity contribution in [2.24, 2.45) is 7.05 Å². The van der Waals surface area contributed by atoms with Crippen LogP contribution in [-0.2, 0) is 24.8 Å². The van der Waals surface area contributed by atoms with Crippen molar-refractivity contribution in [3.8, 4) is 16.9 Å². The van der Waals surface area contributed by atoms with Crippen LogP contribution < -0.4 is 4.74 Å². The minimum atomic E-state index is 0.0872. The van der Waals surface area contributed by atoms with Gasteiger partial charge in [0.25, 0.3) is 0 Å². The Morgan fingerprint density at radius 2 is 1.65 bits per heavy atom. The van der Waals surface area contributed by atoms with Gasteiger partial charge in [0.2, 0.25) is 5.91 Å². The number of carbonyl (C=O) groups is 1. The topological polar surface area (TPSA) is 52.3 Å². The number of fused-ring (bicyclic) bond motifs is 2. The number of halogens is 1. The molecule has 8 heteroatoms. The molecule has 4 aromatic carbocycles. The number of para-hydroxylation sites is 1. The van der Waals surface area contributed by atoms with Crippen LogP contribution in [0.5, 0.6) is 5.75 Å². The second-order valence-corrected chi connectivity index (χ2v) is 14.2. The number of nitrogens with zero attached hydrogens (tertiary/aromatic N) is 4. The summed E-state index contributed by atoms with van der Waals surface area (Å²) in [7, 11) is 3.86. The zero-order valence-corrected chi connectivity index (χ0v) is 30.4. The van der Waals surface area contributed by atoms with E-state index in [0.717, 1.165) is 67.7 Å². The monoisotopic (exact) mass is 678 g/mol. The second-order valence-electron chi connectivity index (χ2n) is 12.7. The van der Waals surface area contributed by atoms with Gasteiger partial charge in [-0.15, -0.1) is 0 Å². The van der Waals surface area contributed by atoms with Gasteiger partial charge in [-0.1, -0.05) is 60.1 Å². The van der Waals surface area contributed by atoms with Crippen LogP contribution in [0.25, 0.3) is 32.8 Å². The standard InChI is InChI=1S/C40H43ClN4O2S/c1-25-22-32(23-26(2)39(25)41)47-21-11-16-34-28(4)45(40-35(34)14-10-15-36(40)38-27(3)42-43(6)29(38)5)20-19-37(46)44(7)48-33-18-17-30-12-8-9-13-31(30)24-33/h8-10,12-15,17-18,22-24H,11,16,19-21H2,1-7H3. The Morgan fingerprint density at radius 3 is 2.35 bits per heavy atom.